The first-order chi connectivity index (χ1) is 15.5. The number of fused-ring (bicyclic) bond motifs is 1. The summed E-state index contributed by atoms with van der Waals surface area (Å²) in [7, 11) is 3.20. The number of thioether (sulfide) groups is 1. The normalized spacial score (nSPS) is 12.9. The SMILES string of the molecule is COc1cc2c(cc1OC)CN(C(=O)Cn1nc(-c3ccc(SC)cc3)ccc1=O)CC2. The van der Waals surface area contributed by atoms with Crippen LogP contribution < -0.4 is 15.0 Å². The summed E-state index contributed by atoms with van der Waals surface area (Å²) in [4.78, 5) is 28.3. The molecule has 0 saturated heterocycles. The molecule has 1 aliphatic heterocycles. The second kappa shape index (κ2) is 9.48. The molecular weight excluding hydrogens is 426 g/mol. The van der Waals surface area contributed by atoms with Crippen molar-refractivity contribution in [3.05, 3.63) is 70.0 Å². The van der Waals surface area contributed by atoms with Gasteiger partial charge in [-0.1, -0.05) is 12.1 Å². The first-order valence-electron chi connectivity index (χ1n) is 10.3. The molecule has 3 aromatic rings. The van der Waals surface area contributed by atoms with Crippen LogP contribution in [0.3, 0.4) is 0 Å². The maximum atomic E-state index is 13.0. The predicted molar refractivity (Wildman–Crippen MR) is 124 cm³/mol. The van der Waals surface area contributed by atoms with Crippen molar-refractivity contribution in [2.75, 3.05) is 27.0 Å². The summed E-state index contributed by atoms with van der Waals surface area (Å²) in [6.07, 6.45) is 2.73. The monoisotopic (exact) mass is 451 g/mol. The molecule has 32 heavy (non-hydrogen) atoms. The summed E-state index contributed by atoms with van der Waals surface area (Å²) in [5, 5.41) is 4.44. The van der Waals surface area contributed by atoms with Gasteiger partial charge < -0.3 is 14.4 Å². The topological polar surface area (TPSA) is 73.7 Å². The maximum absolute atomic E-state index is 13.0. The van der Waals surface area contributed by atoms with Crippen LogP contribution in [-0.2, 0) is 24.3 Å². The Morgan fingerprint density at radius 2 is 1.72 bits per heavy atom. The van der Waals surface area contributed by atoms with Crippen molar-refractivity contribution in [1.82, 2.24) is 14.7 Å². The highest BCUT2D eigenvalue weighted by molar-refractivity contribution is 7.98. The molecule has 1 aromatic heterocycles. The number of amides is 1. The molecule has 1 aliphatic rings. The minimum atomic E-state index is -0.299. The Labute approximate surface area is 191 Å². The summed E-state index contributed by atoms with van der Waals surface area (Å²) < 4.78 is 12.0. The highest BCUT2D eigenvalue weighted by Gasteiger charge is 2.23. The number of methoxy groups -OCH3 is 2. The molecule has 1 amide bonds. The molecule has 0 unspecified atom stereocenters. The third-order valence-corrected chi connectivity index (χ3v) is 6.35. The van der Waals surface area contributed by atoms with Gasteiger partial charge in [0.05, 0.1) is 19.9 Å². The van der Waals surface area contributed by atoms with E-state index in [0.29, 0.717) is 36.7 Å². The average molecular weight is 452 g/mol. The fourth-order valence-corrected chi connectivity index (χ4v) is 4.21. The highest BCUT2D eigenvalue weighted by atomic mass is 32.2. The summed E-state index contributed by atoms with van der Waals surface area (Å²) >= 11 is 1.66. The standard InChI is InChI=1S/C24H25N3O4S/c1-30-21-12-17-10-11-26(14-18(17)13-22(21)31-2)24(29)15-27-23(28)9-8-20(25-27)16-4-6-19(32-3)7-5-16/h4-9,12-13H,10-11,14-15H2,1-3H3. The second-order valence-electron chi connectivity index (χ2n) is 7.48. The Balaban J connectivity index is 1.52. The summed E-state index contributed by atoms with van der Waals surface area (Å²) in [6, 6.07) is 15.0. The predicted octanol–water partition coefficient (Wildman–Crippen LogP) is 3.23. The van der Waals surface area contributed by atoms with Crippen LogP contribution in [0.2, 0.25) is 0 Å². The van der Waals surface area contributed by atoms with Crippen molar-refractivity contribution in [2.24, 2.45) is 0 Å². The second-order valence-corrected chi connectivity index (χ2v) is 8.36. The lowest BCUT2D eigenvalue weighted by molar-refractivity contribution is -0.133. The molecule has 7 nitrogen and oxygen atoms in total. The van der Waals surface area contributed by atoms with Gasteiger partial charge in [-0.15, -0.1) is 11.8 Å². The fourth-order valence-electron chi connectivity index (χ4n) is 3.80. The molecular formula is C24H25N3O4S. The van der Waals surface area contributed by atoms with Gasteiger partial charge >= 0.3 is 0 Å². The number of ether oxygens (including phenoxy) is 2. The van der Waals surface area contributed by atoms with Crippen LogP contribution in [0.15, 0.2) is 58.2 Å². The van der Waals surface area contributed by atoms with Crippen molar-refractivity contribution in [2.45, 2.75) is 24.4 Å². The molecule has 0 fully saturated rings. The van der Waals surface area contributed by atoms with E-state index >= 15 is 0 Å². The van der Waals surface area contributed by atoms with Crippen molar-refractivity contribution in [3.63, 3.8) is 0 Å². The number of benzene rings is 2. The van der Waals surface area contributed by atoms with Crippen molar-refractivity contribution in [1.29, 1.82) is 0 Å². The number of aromatic nitrogens is 2. The van der Waals surface area contributed by atoms with Crippen molar-refractivity contribution in [3.8, 4) is 22.8 Å². The molecule has 0 radical (unpaired) electrons. The number of hydrogen-bond donors (Lipinski definition) is 0. The number of hydrogen-bond acceptors (Lipinski definition) is 6. The average Bonchev–Trinajstić information content (AvgIpc) is 2.84. The van der Waals surface area contributed by atoms with Crippen molar-refractivity contribution < 1.29 is 14.3 Å². The minimum absolute atomic E-state index is 0.0990. The Kier molecular flexibility index (Phi) is 6.50. The first-order valence-corrected chi connectivity index (χ1v) is 11.5. The number of rotatable bonds is 6. The largest absolute Gasteiger partial charge is 0.493 e. The molecule has 2 heterocycles. The first kappa shape index (κ1) is 22.0. The Morgan fingerprint density at radius 3 is 2.38 bits per heavy atom. The molecule has 166 valence electrons. The van der Waals surface area contributed by atoms with Gasteiger partial charge in [-0.3, -0.25) is 9.59 Å². The zero-order chi connectivity index (χ0) is 22.7. The van der Waals surface area contributed by atoms with Crippen LogP contribution in [0, 0.1) is 0 Å². The summed E-state index contributed by atoms with van der Waals surface area (Å²) in [5.74, 6) is 1.18. The van der Waals surface area contributed by atoms with E-state index in [1.165, 1.54) is 10.7 Å². The summed E-state index contributed by atoms with van der Waals surface area (Å²) in [5.41, 5.74) is 3.41. The zero-order valence-electron chi connectivity index (χ0n) is 18.3. The quantitative estimate of drug-likeness (QED) is 0.536. The van der Waals surface area contributed by atoms with Gasteiger partial charge in [0, 0.05) is 29.6 Å². The van der Waals surface area contributed by atoms with Crippen LogP contribution in [0.25, 0.3) is 11.3 Å². The van der Waals surface area contributed by atoms with E-state index in [4.69, 9.17) is 9.47 Å². The lowest BCUT2D eigenvalue weighted by Gasteiger charge is -2.29. The third-order valence-electron chi connectivity index (χ3n) is 5.61. The van der Waals surface area contributed by atoms with E-state index in [9.17, 15) is 9.59 Å². The third kappa shape index (κ3) is 4.50. The van der Waals surface area contributed by atoms with E-state index in [-0.39, 0.29) is 18.0 Å². The van der Waals surface area contributed by atoms with Crippen LogP contribution in [-0.4, -0.2) is 47.6 Å². The zero-order valence-corrected chi connectivity index (χ0v) is 19.1. The molecule has 0 spiro atoms. The Hall–Kier alpha value is -3.26. The molecule has 0 saturated carbocycles. The Morgan fingerprint density at radius 1 is 1.03 bits per heavy atom. The molecule has 4 rings (SSSR count). The van der Waals surface area contributed by atoms with Crippen LogP contribution in [0.5, 0.6) is 11.5 Å². The molecule has 0 atom stereocenters. The van der Waals surface area contributed by atoms with Gasteiger partial charge in [-0.25, -0.2) is 4.68 Å². The molecule has 2 aromatic carbocycles. The molecule has 0 N–H and O–H groups in total. The number of carbonyl (C=O) groups excluding carboxylic acids is 1. The van der Waals surface area contributed by atoms with E-state index in [1.54, 1.807) is 36.9 Å². The summed E-state index contributed by atoms with van der Waals surface area (Å²) in [6.45, 7) is 0.934. The number of nitrogens with zero attached hydrogens (tertiary/aromatic N) is 3. The van der Waals surface area contributed by atoms with Crippen LogP contribution in [0.1, 0.15) is 11.1 Å². The van der Waals surface area contributed by atoms with Crippen molar-refractivity contribution >= 4 is 17.7 Å². The lowest BCUT2D eigenvalue weighted by atomic mass is 9.98. The van der Waals surface area contributed by atoms with Crippen LogP contribution >= 0.6 is 11.8 Å². The van der Waals surface area contributed by atoms with Gasteiger partial charge in [-0.2, -0.15) is 5.10 Å². The highest BCUT2D eigenvalue weighted by Crippen LogP contribution is 2.33. The number of carbonyl (C=O) groups is 1. The lowest BCUT2D eigenvalue weighted by Crippen LogP contribution is -2.40. The van der Waals surface area contributed by atoms with Gasteiger partial charge in [0.15, 0.2) is 11.5 Å². The van der Waals surface area contributed by atoms with Gasteiger partial charge in [0.2, 0.25) is 5.91 Å². The molecule has 0 bridgehead atoms. The maximum Gasteiger partial charge on any atom is 0.267 e. The van der Waals surface area contributed by atoms with Gasteiger partial charge in [0.1, 0.15) is 6.54 Å². The van der Waals surface area contributed by atoms with Gasteiger partial charge in [0.25, 0.3) is 5.56 Å². The molecule has 8 heteroatoms. The van der Waals surface area contributed by atoms with E-state index in [2.05, 4.69) is 5.10 Å². The van der Waals surface area contributed by atoms with E-state index in [0.717, 1.165) is 21.6 Å². The Bertz CT molecular complexity index is 1190. The van der Waals surface area contributed by atoms with E-state index in [1.807, 2.05) is 42.7 Å². The molecule has 0 aliphatic carbocycles. The minimum Gasteiger partial charge on any atom is -0.493 e. The van der Waals surface area contributed by atoms with E-state index < -0.39 is 0 Å². The fraction of sp³-hybridized carbons (Fsp3) is 0.292. The van der Waals surface area contributed by atoms with Gasteiger partial charge in [-0.05, 0) is 54.1 Å². The van der Waals surface area contributed by atoms with Crippen LogP contribution in [0.4, 0.5) is 0 Å². The smallest absolute Gasteiger partial charge is 0.267 e.